The maximum absolute atomic E-state index is 6.58. The van der Waals surface area contributed by atoms with Gasteiger partial charge in [-0.3, -0.25) is 0 Å². The molecule has 1 heterocycles. The van der Waals surface area contributed by atoms with Crippen LogP contribution in [-0.4, -0.2) is 19.5 Å². The summed E-state index contributed by atoms with van der Waals surface area (Å²) in [5, 5.41) is 0. The highest BCUT2D eigenvalue weighted by Gasteiger charge is 2.34. The zero-order chi connectivity index (χ0) is 12.6. The van der Waals surface area contributed by atoms with Crippen LogP contribution in [0.3, 0.4) is 0 Å². The van der Waals surface area contributed by atoms with E-state index in [1.54, 1.807) is 11.8 Å². The van der Waals surface area contributed by atoms with Crippen molar-refractivity contribution in [3.63, 3.8) is 0 Å². The Hall–Kier alpha value is -0.870. The van der Waals surface area contributed by atoms with Gasteiger partial charge >= 0.3 is 0 Å². The lowest BCUT2D eigenvalue weighted by molar-refractivity contribution is 0.170. The normalized spacial score (nSPS) is 21.0. The molecule has 2 aliphatic rings. The first-order valence-electron chi connectivity index (χ1n) is 6.50. The van der Waals surface area contributed by atoms with Gasteiger partial charge in [0, 0.05) is 10.4 Å². The summed E-state index contributed by atoms with van der Waals surface area (Å²) in [5.41, 5.74) is 7.64. The number of ether oxygens (including phenoxy) is 2. The Morgan fingerprint density at radius 2 is 1.72 bits per heavy atom. The third kappa shape index (κ3) is 1.97. The van der Waals surface area contributed by atoms with Crippen molar-refractivity contribution in [2.24, 2.45) is 5.73 Å². The topological polar surface area (TPSA) is 44.5 Å². The van der Waals surface area contributed by atoms with E-state index in [-0.39, 0.29) is 5.54 Å². The van der Waals surface area contributed by atoms with Crippen molar-refractivity contribution in [1.82, 2.24) is 0 Å². The number of rotatable bonds is 2. The molecule has 0 aromatic heterocycles. The average Bonchev–Trinajstić information content (AvgIpc) is 2.85. The number of fused-ring (bicyclic) bond motifs is 1. The van der Waals surface area contributed by atoms with Gasteiger partial charge in [-0.15, -0.1) is 11.8 Å². The molecule has 1 aromatic carbocycles. The number of benzene rings is 1. The molecule has 18 heavy (non-hydrogen) atoms. The second kappa shape index (κ2) is 4.67. The van der Waals surface area contributed by atoms with Crippen LogP contribution in [0.5, 0.6) is 11.5 Å². The third-order valence-corrected chi connectivity index (χ3v) is 4.67. The maximum atomic E-state index is 6.58. The standard InChI is InChI=1S/C14H19NO2S/c1-18-13-9-12-11(16-6-7-17-12)8-10(13)14(15)4-2-3-5-14/h8-9H,2-7,15H2,1H3. The minimum absolute atomic E-state index is 0.172. The van der Waals surface area contributed by atoms with E-state index in [9.17, 15) is 0 Å². The number of hydrogen-bond acceptors (Lipinski definition) is 4. The van der Waals surface area contributed by atoms with Crippen LogP contribution in [-0.2, 0) is 5.54 Å². The van der Waals surface area contributed by atoms with E-state index >= 15 is 0 Å². The van der Waals surface area contributed by atoms with Gasteiger partial charge in [-0.25, -0.2) is 0 Å². The van der Waals surface area contributed by atoms with E-state index in [2.05, 4.69) is 18.4 Å². The summed E-state index contributed by atoms with van der Waals surface area (Å²) in [4.78, 5) is 1.23. The van der Waals surface area contributed by atoms with Gasteiger partial charge in [0.25, 0.3) is 0 Å². The minimum atomic E-state index is -0.172. The zero-order valence-electron chi connectivity index (χ0n) is 10.7. The molecule has 4 heteroatoms. The van der Waals surface area contributed by atoms with E-state index < -0.39 is 0 Å². The Morgan fingerprint density at radius 3 is 2.33 bits per heavy atom. The van der Waals surface area contributed by atoms with E-state index in [4.69, 9.17) is 15.2 Å². The molecule has 1 aliphatic heterocycles. The molecule has 1 aromatic rings. The van der Waals surface area contributed by atoms with E-state index in [0.717, 1.165) is 24.3 Å². The Kier molecular flexibility index (Phi) is 3.16. The summed E-state index contributed by atoms with van der Waals surface area (Å²) in [6, 6.07) is 4.19. The molecule has 1 saturated carbocycles. The quantitative estimate of drug-likeness (QED) is 0.835. The summed E-state index contributed by atoms with van der Waals surface area (Å²) in [5.74, 6) is 1.71. The van der Waals surface area contributed by atoms with Crippen LogP contribution in [0.2, 0.25) is 0 Å². The van der Waals surface area contributed by atoms with E-state index in [1.807, 2.05) is 0 Å². The summed E-state index contributed by atoms with van der Waals surface area (Å²) in [7, 11) is 0. The second-order valence-corrected chi connectivity index (χ2v) is 5.91. The van der Waals surface area contributed by atoms with Crippen molar-refractivity contribution >= 4 is 11.8 Å². The molecule has 2 N–H and O–H groups in total. The highest BCUT2D eigenvalue weighted by molar-refractivity contribution is 7.98. The largest absolute Gasteiger partial charge is 0.486 e. The molecule has 1 aliphatic carbocycles. The summed E-state index contributed by atoms with van der Waals surface area (Å²) in [6.07, 6.45) is 6.67. The molecule has 0 bridgehead atoms. The lowest BCUT2D eigenvalue weighted by Gasteiger charge is -2.29. The average molecular weight is 265 g/mol. The molecule has 0 unspecified atom stereocenters. The van der Waals surface area contributed by atoms with Gasteiger partial charge in [0.2, 0.25) is 0 Å². The SMILES string of the molecule is CSc1cc2c(cc1C1(N)CCCC1)OCCO2. The molecule has 3 rings (SSSR count). The Morgan fingerprint density at radius 1 is 1.11 bits per heavy atom. The van der Waals surface area contributed by atoms with Gasteiger partial charge < -0.3 is 15.2 Å². The zero-order valence-corrected chi connectivity index (χ0v) is 11.5. The van der Waals surface area contributed by atoms with Crippen molar-refractivity contribution in [1.29, 1.82) is 0 Å². The van der Waals surface area contributed by atoms with Crippen LogP contribution in [0.1, 0.15) is 31.2 Å². The fourth-order valence-electron chi connectivity index (χ4n) is 2.90. The highest BCUT2D eigenvalue weighted by atomic mass is 32.2. The predicted octanol–water partition coefficient (Wildman–Crippen LogP) is 2.91. The van der Waals surface area contributed by atoms with Crippen molar-refractivity contribution in [3.05, 3.63) is 17.7 Å². The molecule has 98 valence electrons. The molecule has 0 radical (unpaired) electrons. The van der Waals surface area contributed by atoms with Crippen LogP contribution in [0.4, 0.5) is 0 Å². The predicted molar refractivity (Wildman–Crippen MR) is 73.5 cm³/mol. The van der Waals surface area contributed by atoms with Gasteiger partial charge in [-0.05, 0) is 36.8 Å². The van der Waals surface area contributed by atoms with E-state index in [0.29, 0.717) is 13.2 Å². The molecular formula is C14H19NO2S. The van der Waals surface area contributed by atoms with Crippen LogP contribution >= 0.6 is 11.8 Å². The van der Waals surface area contributed by atoms with Crippen LogP contribution in [0, 0.1) is 0 Å². The fraction of sp³-hybridized carbons (Fsp3) is 0.571. The van der Waals surface area contributed by atoms with Crippen molar-refractivity contribution in [3.8, 4) is 11.5 Å². The molecule has 0 amide bonds. The van der Waals surface area contributed by atoms with Gasteiger partial charge in [-0.2, -0.15) is 0 Å². The maximum Gasteiger partial charge on any atom is 0.162 e. The first-order chi connectivity index (χ1) is 8.73. The molecule has 0 atom stereocenters. The van der Waals surface area contributed by atoms with Gasteiger partial charge in [0.15, 0.2) is 11.5 Å². The fourth-order valence-corrected chi connectivity index (χ4v) is 3.61. The number of nitrogens with two attached hydrogens (primary N) is 1. The van der Waals surface area contributed by atoms with Crippen LogP contribution in [0.15, 0.2) is 17.0 Å². The van der Waals surface area contributed by atoms with Crippen LogP contribution in [0.25, 0.3) is 0 Å². The third-order valence-electron chi connectivity index (χ3n) is 3.90. The molecule has 0 saturated heterocycles. The van der Waals surface area contributed by atoms with Crippen molar-refractivity contribution in [2.45, 2.75) is 36.1 Å². The first kappa shape index (κ1) is 12.2. The first-order valence-corrected chi connectivity index (χ1v) is 7.72. The van der Waals surface area contributed by atoms with Gasteiger partial charge in [0.05, 0.1) is 0 Å². The lowest BCUT2D eigenvalue weighted by Crippen LogP contribution is -2.34. The molecule has 1 fully saturated rings. The van der Waals surface area contributed by atoms with Crippen molar-refractivity contribution < 1.29 is 9.47 Å². The molecule has 0 spiro atoms. The highest BCUT2D eigenvalue weighted by Crippen LogP contribution is 2.45. The Balaban J connectivity index is 2.07. The molecular weight excluding hydrogens is 246 g/mol. The van der Waals surface area contributed by atoms with Crippen molar-refractivity contribution in [2.75, 3.05) is 19.5 Å². The summed E-state index contributed by atoms with van der Waals surface area (Å²) in [6.45, 7) is 1.26. The number of hydrogen-bond donors (Lipinski definition) is 1. The van der Waals surface area contributed by atoms with E-state index in [1.165, 1.54) is 23.3 Å². The Labute approximate surface area is 112 Å². The minimum Gasteiger partial charge on any atom is -0.486 e. The second-order valence-electron chi connectivity index (χ2n) is 5.06. The molecule has 3 nitrogen and oxygen atoms in total. The van der Waals surface area contributed by atoms with Gasteiger partial charge in [-0.1, -0.05) is 12.8 Å². The van der Waals surface area contributed by atoms with Crippen LogP contribution < -0.4 is 15.2 Å². The summed E-state index contributed by atoms with van der Waals surface area (Å²) >= 11 is 1.74. The smallest absolute Gasteiger partial charge is 0.162 e. The van der Waals surface area contributed by atoms with Gasteiger partial charge in [0.1, 0.15) is 13.2 Å². The number of thioether (sulfide) groups is 1. The summed E-state index contributed by atoms with van der Waals surface area (Å²) < 4.78 is 11.3. The monoisotopic (exact) mass is 265 g/mol. The Bertz CT molecular complexity index is 455. The lowest BCUT2D eigenvalue weighted by atomic mass is 9.89.